The van der Waals surface area contributed by atoms with E-state index in [1.54, 1.807) is 0 Å². The van der Waals surface area contributed by atoms with Crippen molar-refractivity contribution in [3.05, 3.63) is 12.4 Å². The zero-order valence-electron chi connectivity index (χ0n) is 16.2. The van der Waals surface area contributed by atoms with E-state index in [1.165, 1.54) is 0 Å². The topological polar surface area (TPSA) is 119 Å². The van der Waals surface area contributed by atoms with Crippen LogP contribution in [0.5, 0.6) is 0 Å². The van der Waals surface area contributed by atoms with Crippen LogP contribution in [0.15, 0.2) is 12.4 Å². The molecular formula is C14H14F11NO7S. The predicted octanol–water partition coefficient (Wildman–Crippen LogP) is 3.25. The minimum Gasteiger partial charge on any atom is -0.410 e. The van der Waals surface area contributed by atoms with Crippen LogP contribution in [0.25, 0.3) is 0 Å². The maximum atomic E-state index is 13.4. The van der Waals surface area contributed by atoms with Gasteiger partial charge in [-0.2, -0.15) is 56.7 Å². The Labute approximate surface area is 182 Å². The second kappa shape index (κ2) is 10.6. The minimum absolute atomic E-state index is 0.664. The molecular weight excluding hydrogens is 535 g/mol. The van der Waals surface area contributed by atoms with Crippen LogP contribution in [0.3, 0.4) is 0 Å². The molecule has 0 saturated carbocycles. The second-order valence-corrected chi connectivity index (χ2v) is 7.67. The number of amides is 1. The zero-order valence-corrected chi connectivity index (χ0v) is 17.0. The molecule has 1 unspecified atom stereocenters. The zero-order chi connectivity index (χ0) is 27.4. The molecule has 0 saturated heterocycles. The number of carbonyl (C=O) groups is 2. The van der Waals surface area contributed by atoms with Gasteiger partial charge in [-0.15, -0.1) is 0 Å². The molecule has 0 rings (SSSR count). The number of unbranched alkanes of at least 4 members (excludes halogenated alkanes) is 1. The molecule has 200 valence electrons. The largest absolute Gasteiger partial charge is 0.466 e. The number of rotatable bonds is 12. The van der Waals surface area contributed by atoms with E-state index < -0.39 is 89.6 Å². The maximum absolute atomic E-state index is 13.4. The normalized spacial score (nSPS) is 15.4. The third-order valence-corrected chi connectivity index (χ3v) is 4.47. The first kappa shape index (κ1) is 31.8. The third-order valence-electron chi connectivity index (χ3n) is 3.52. The summed E-state index contributed by atoms with van der Waals surface area (Å²) in [6, 6.07) is 0. The van der Waals surface area contributed by atoms with Crippen LogP contribution in [-0.4, -0.2) is 67.3 Å². The molecule has 0 aromatic heterocycles. The number of ether oxygens (including phenoxy) is 2. The van der Waals surface area contributed by atoms with Gasteiger partial charge in [0.25, 0.3) is 0 Å². The van der Waals surface area contributed by atoms with Gasteiger partial charge < -0.3 is 14.8 Å². The van der Waals surface area contributed by atoms with Gasteiger partial charge in [-0.1, -0.05) is 6.58 Å². The Bertz CT molecular complexity index is 870. The van der Waals surface area contributed by atoms with Crippen molar-refractivity contribution in [1.29, 1.82) is 0 Å². The first-order valence-electron chi connectivity index (χ1n) is 8.27. The van der Waals surface area contributed by atoms with E-state index in [4.69, 9.17) is 4.55 Å². The van der Waals surface area contributed by atoms with Crippen LogP contribution < -0.4 is 5.32 Å². The average molecular weight is 549 g/mol. The summed E-state index contributed by atoms with van der Waals surface area (Å²) in [6.07, 6.45) is -16.0. The minimum atomic E-state index is -6.61. The molecule has 0 bridgehead atoms. The van der Waals surface area contributed by atoms with Gasteiger partial charge >= 0.3 is 51.3 Å². The van der Waals surface area contributed by atoms with Crippen molar-refractivity contribution >= 4 is 22.0 Å². The highest BCUT2D eigenvalue weighted by Crippen LogP contribution is 2.42. The lowest BCUT2D eigenvalue weighted by Crippen LogP contribution is -2.62. The van der Waals surface area contributed by atoms with E-state index in [2.05, 4.69) is 16.1 Å². The van der Waals surface area contributed by atoms with Crippen molar-refractivity contribution < 1.29 is 80.3 Å². The van der Waals surface area contributed by atoms with E-state index in [0.717, 1.165) is 0 Å². The van der Waals surface area contributed by atoms with Crippen LogP contribution >= 0.6 is 0 Å². The number of alkyl halides is 10. The van der Waals surface area contributed by atoms with Gasteiger partial charge in [-0.25, -0.2) is 4.79 Å². The number of carbonyl (C=O) groups excluding carboxylic acids is 2. The summed E-state index contributed by atoms with van der Waals surface area (Å²) in [5.41, 5.74) is 0. The summed E-state index contributed by atoms with van der Waals surface area (Å²) >= 11 is 0. The molecule has 1 amide bonds. The van der Waals surface area contributed by atoms with Gasteiger partial charge in [0.15, 0.2) is 0 Å². The number of esters is 1. The lowest BCUT2D eigenvalue weighted by atomic mass is 10.1. The van der Waals surface area contributed by atoms with Crippen molar-refractivity contribution in [3.8, 4) is 0 Å². The molecule has 2 N–H and O–H groups in total. The van der Waals surface area contributed by atoms with Crippen molar-refractivity contribution in [2.45, 2.75) is 48.6 Å². The molecule has 0 aliphatic heterocycles. The molecule has 8 nitrogen and oxygen atoms in total. The summed E-state index contributed by atoms with van der Waals surface area (Å²) in [5, 5.41) is -5.33. The Morgan fingerprint density at radius 1 is 0.941 bits per heavy atom. The molecule has 0 aromatic carbocycles. The Hall–Kier alpha value is -2.22. The van der Waals surface area contributed by atoms with Crippen molar-refractivity contribution in [2.24, 2.45) is 0 Å². The fourth-order valence-electron chi connectivity index (χ4n) is 1.89. The van der Waals surface area contributed by atoms with E-state index in [9.17, 15) is 66.3 Å². The monoisotopic (exact) mass is 549 g/mol. The molecule has 0 heterocycles. The van der Waals surface area contributed by atoms with Crippen LogP contribution in [0, 0.1) is 0 Å². The fourth-order valence-corrected chi connectivity index (χ4v) is 2.37. The first-order valence-corrected chi connectivity index (χ1v) is 9.71. The SMILES string of the molecule is C=C(F)C(=O)OC(OCCCCC(F)(F)C(F)(F)S(=O)(=O)O)(C(=O)NCC(F)(F)F)C(F)(F)F. The van der Waals surface area contributed by atoms with Crippen molar-refractivity contribution in [2.75, 3.05) is 13.2 Å². The fraction of sp³-hybridized carbons (Fsp3) is 0.714. The van der Waals surface area contributed by atoms with Gasteiger partial charge in [0.1, 0.15) is 6.54 Å². The Balaban J connectivity index is 5.64. The molecule has 0 aliphatic rings. The van der Waals surface area contributed by atoms with E-state index in [1.807, 2.05) is 0 Å². The number of halogens is 11. The summed E-state index contributed by atoms with van der Waals surface area (Å²) in [4.78, 5) is 23.0. The van der Waals surface area contributed by atoms with E-state index >= 15 is 0 Å². The predicted molar refractivity (Wildman–Crippen MR) is 85.4 cm³/mol. The Morgan fingerprint density at radius 2 is 1.44 bits per heavy atom. The van der Waals surface area contributed by atoms with Gasteiger partial charge in [0.2, 0.25) is 5.83 Å². The molecule has 1 atom stereocenters. The quantitative estimate of drug-likeness (QED) is 0.0959. The smallest absolute Gasteiger partial charge is 0.410 e. The first-order chi connectivity index (χ1) is 14.9. The summed E-state index contributed by atoms with van der Waals surface area (Å²) < 4.78 is 179. The molecule has 20 heteroatoms. The van der Waals surface area contributed by atoms with Crippen LogP contribution in [-0.2, 0) is 29.2 Å². The van der Waals surface area contributed by atoms with Gasteiger partial charge in [0, 0.05) is 6.42 Å². The highest BCUT2D eigenvalue weighted by molar-refractivity contribution is 7.87. The standard InChI is InChI=1S/C14H14F11NO7S/c1-7(15)8(27)33-12(13(21,22)23,9(28)26-6-11(18,19)20)32-5-3-2-4-10(16,17)14(24,25)34(29,30)31/h1-6H2,(H,26,28)(H,29,30,31). The average Bonchev–Trinajstić information content (AvgIpc) is 2.61. The summed E-state index contributed by atoms with van der Waals surface area (Å²) in [7, 11) is -6.61. The van der Waals surface area contributed by atoms with Crippen LogP contribution in [0.4, 0.5) is 48.3 Å². The molecule has 0 radical (unpaired) electrons. The lowest BCUT2D eigenvalue weighted by Gasteiger charge is -2.33. The number of hydrogen-bond acceptors (Lipinski definition) is 6. The number of hydrogen-bond donors (Lipinski definition) is 2. The molecule has 0 aliphatic carbocycles. The Kier molecular flexibility index (Phi) is 9.89. The van der Waals surface area contributed by atoms with Gasteiger partial charge in [-0.3, -0.25) is 9.35 Å². The molecule has 34 heavy (non-hydrogen) atoms. The summed E-state index contributed by atoms with van der Waals surface area (Å²) in [5.74, 6) is -18.1. The molecule has 0 fully saturated rings. The number of nitrogens with one attached hydrogen (secondary N) is 1. The highest BCUT2D eigenvalue weighted by atomic mass is 32.2. The third kappa shape index (κ3) is 7.93. The second-order valence-electron chi connectivity index (χ2n) is 6.21. The van der Waals surface area contributed by atoms with E-state index in [0.29, 0.717) is 5.32 Å². The maximum Gasteiger partial charge on any atom is 0.466 e. The van der Waals surface area contributed by atoms with Crippen LogP contribution in [0.1, 0.15) is 19.3 Å². The van der Waals surface area contributed by atoms with Gasteiger partial charge in [0.05, 0.1) is 6.61 Å². The molecule has 0 aromatic rings. The lowest BCUT2D eigenvalue weighted by molar-refractivity contribution is -0.347. The molecule has 0 spiro atoms. The highest BCUT2D eigenvalue weighted by Gasteiger charge is 2.67. The van der Waals surface area contributed by atoms with Crippen molar-refractivity contribution in [1.82, 2.24) is 5.32 Å². The van der Waals surface area contributed by atoms with Gasteiger partial charge in [-0.05, 0) is 12.8 Å². The summed E-state index contributed by atoms with van der Waals surface area (Å²) in [6.45, 7) is -1.77. The van der Waals surface area contributed by atoms with Crippen molar-refractivity contribution in [3.63, 3.8) is 0 Å². The van der Waals surface area contributed by atoms with E-state index in [-0.39, 0.29) is 0 Å². The van der Waals surface area contributed by atoms with Crippen LogP contribution in [0.2, 0.25) is 0 Å². The Morgan fingerprint density at radius 3 is 1.82 bits per heavy atom.